The standard InChI is InChI=1S/C13H16N2O3/c1-13(2)12(17)15(8-7-11(14)16)9-5-3-4-6-10(9)18-13/h3-6H,7-8H2,1-2H3,(H2,14,16). The van der Waals surface area contributed by atoms with Gasteiger partial charge in [0.05, 0.1) is 5.69 Å². The number of nitrogens with zero attached hydrogens (tertiary/aromatic N) is 1. The third-order valence-corrected chi connectivity index (χ3v) is 2.86. The molecule has 1 aromatic carbocycles. The SMILES string of the molecule is CC1(C)Oc2ccccc2N(CCC(N)=O)C1=O. The van der Waals surface area contributed by atoms with Crippen molar-refractivity contribution in [3.05, 3.63) is 24.3 Å². The molecule has 0 radical (unpaired) electrons. The average molecular weight is 248 g/mol. The number of rotatable bonds is 3. The van der Waals surface area contributed by atoms with Crippen LogP contribution in [0, 0.1) is 0 Å². The summed E-state index contributed by atoms with van der Waals surface area (Å²) in [7, 11) is 0. The number of amides is 2. The van der Waals surface area contributed by atoms with Crippen LogP contribution in [0.3, 0.4) is 0 Å². The van der Waals surface area contributed by atoms with Crippen LogP contribution in [0.1, 0.15) is 20.3 Å². The highest BCUT2D eigenvalue weighted by molar-refractivity contribution is 6.02. The van der Waals surface area contributed by atoms with Gasteiger partial charge in [0.2, 0.25) is 5.91 Å². The van der Waals surface area contributed by atoms with E-state index in [4.69, 9.17) is 10.5 Å². The first-order valence-electron chi connectivity index (χ1n) is 5.80. The number of para-hydroxylation sites is 2. The van der Waals surface area contributed by atoms with Crippen molar-refractivity contribution in [2.45, 2.75) is 25.9 Å². The lowest BCUT2D eigenvalue weighted by Crippen LogP contribution is -2.53. The first-order valence-corrected chi connectivity index (χ1v) is 5.80. The Balaban J connectivity index is 2.36. The molecular weight excluding hydrogens is 232 g/mol. The van der Waals surface area contributed by atoms with Gasteiger partial charge in [-0.3, -0.25) is 9.59 Å². The minimum atomic E-state index is -0.925. The second kappa shape index (κ2) is 4.33. The maximum atomic E-state index is 12.3. The van der Waals surface area contributed by atoms with Crippen molar-refractivity contribution < 1.29 is 14.3 Å². The van der Waals surface area contributed by atoms with Gasteiger partial charge in [-0.2, -0.15) is 0 Å². The maximum Gasteiger partial charge on any atom is 0.270 e. The molecule has 2 N–H and O–H groups in total. The molecule has 2 amide bonds. The average Bonchev–Trinajstić information content (AvgIpc) is 2.29. The number of primary amides is 1. The highest BCUT2D eigenvalue weighted by Gasteiger charge is 2.40. The Kier molecular flexibility index (Phi) is 2.98. The van der Waals surface area contributed by atoms with Crippen molar-refractivity contribution in [2.24, 2.45) is 5.73 Å². The molecule has 1 heterocycles. The summed E-state index contributed by atoms with van der Waals surface area (Å²) in [5.74, 6) is 0.0543. The largest absolute Gasteiger partial charge is 0.476 e. The molecule has 18 heavy (non-hydrogen) atoms. The summed E-state index contributed by atoms with van der Waals surface area (Å²) in [6.07, 6.45) is 0.135. The summed E-state index contributed by atoms with van der Waals surface area (Å²) >= 11 is 0. The van der Waals surface area contributed by atoms with Gasteiger partial charge in [-0.25, -0.2) is 0 Å². The minimum absolute atomic E-state index is 0.135. The van der Waals surface area contributed by atoms with E-state index in [2.05, 4.69) is 0 Å². The summed E-state index contributed by atoms with van der Waals surface area (Å²) in [4.78, 5) is 24.7. The molecule has 1 aliphatic rings. The monoisotopic (exact) mass is 248 g/mol. The molecule has 5 heteroatoms. The summed E-state index contributed by atoms with van der Waals surface area (Å²) in [6.45, 7) is 3.70. The van der Waals surface area contributed by atoms with Gasteiger partial charge < -0.3 is 15.4 Å². The van der Waals surface area contributed by atoms with E-state index in [1.165, 1.54) is 0 Å². The summed E-state index contributed by atoms with van der Waals surface area (Å²) in [5, 5.41) is 0. The first kappa shape index (κ1) is 12.4. The molecule has 0 aliphatic carbocycles. The van der Waals surface area contributed by atoms with E-state index in [1.54, 1.807) is 30.9 Å². The minimum Gasteiger partial charge on any atom is -0.476 e. The van der Waals surface area contributed by atoms with E-state index in [1.807, 2.05) is 12.1 Å². The normalized spacial score (nSPS) is 17.0. The summed E-state index contributed by atoms with van der Waals surface area (Å²) in [6, 6.07) is 7.27. The molecule has 0 spiro atoms. The molecule has 0 atom stereocenters. The van der Waals surface area contributed by atoms with Crippen LogP contribution in [0.25, 0.3) is 0 Å². The predicted molar refractivity (Wildman–Crippen MR) is 67.3 cm³/mol. The Bertz CT molecular complexity index is 497. The Morgan fingerprint density at radius 3 is 2.72 bits per heavy atom. The molecule has 0 aromatic heterocycles. The van der Waals surface area contributed by atoms with Crippen molar-refractivity contribution in [1.29, 1.82) is 0 Å². The van der Waals surface area contributed by atoms with Crippen LogP contribution in [0.5, 0.6) is 5.75 Å². The predicted octanol–water partition coefficient (Wildman–Crippen LogP) is 1.07. The number of hydrogen-bond acceptors (Lipinski definition) is 3. The van der Waals surface area contributed by atoms with Crippen molar-refractivity contribution in [3.63, 3.8) is 0 Å². The number of carbonyl (C=O) groups is 2. The van der Waals surface area contributed by atoms with Gasteiger partial charge in [0, 0.05) is 13.0 Å². The summed E-state index contributed by atoms with van der Waals surface area (Å²) < 4.78 is 5.66. The van der Waals surface area contributed by atoms with Crippen LogP contribution < -0.4 is 15.4 Å². The highest BCUT2D eigenvalue weighted by atomic mass is 16.5. The molecular formula is C13H16N2O3. The topological polar surface area (TPSA) is 72.6 Å². The number of ether oxygens (including phenoxy) is 1. The third kappa shape index (κ3) is 2.16. The lowest BCUT2D eigenvalue weighted by Gasteiger charge is -2.38. The first-order chi connectivity index (χ1) is 8.42. The molecule has 0 bridgehead atoms. The van der Waals surface area contributed by atoms with E-state index in [9.17, 15) is 9.59 Å². The van der Waals surface area contributed by atoms with Gasteiger partial charge in [0.25, 0.3) is 5.91 Å². The molecule has 1 aromatic rings. The molecule has 0 fully saturated rings. The van der Waals surface area contributed by atoms with Gasteiger partial charge in [0.15, 0.2) is 5.60 Å². The lowest BCUT2D eigenvalue weighted by atomic mass is 10.0. The smallest absolute Gasteiger partial charge is 0.270 e. The number of anilines is 1. The summed E-state index contributed by atoms with van der Waals surface area (Å²) in [5.41, 5.74) is 4.89. The number of hydrogen-bond donors (Lipinski definition) is 1. The fraction of sp³-hybridized carbons (Fsp3) is 0.385. The Hall–Kier alpha value is -2.04. The second-order valence-electron chi connectivity index (χ2n) is 4.75. The fourth-order valence-electron chi connectivity index (χ4n) is 1.96. The van der Waals surface area contributed by atoms with Crippen LogP contribution in [-0.2, 0) is 9.59 Å². The number of nitrogens with two attached hydrogens (primary N) is 1. The highest BCUT2D eigenvalue weighted by Crippen LogP contribution is 2.37. The number of carbonyl (C=O) groups excluding carboxylic acids is 2. The van der Waals surface area contributed by atoms with Gasteiger partial charge in [-0.15, -0.1) is 0 Å². The van der Waals surface area contributed by atoms with E-state index in [-0.39, 0.29) is 18.9 Å². The van der Waals surface area contributed by atoms with Crippen LogP contribution in [0.15, 0.2) is 24.3 Å². The fourth-order valence-corrected chi connectivity index (χ4v) is 1.96. The molecule has 0 unspecified atom stereocenters. The molecule has 96 valence electrons. The molecule has 0 saturated heterocycles. The Morgan fingerprint density at radius 1 is 1.39 bits per heavy atom. The zero-order valence-electron chi connectivity index (χ0n) is 10.5. The number of benzene rings is 1. The number of fused-ring (bicyclic) bond motifs is 1. The second-order valence-corrected chi connectivity index (χ2v) is 4.75. The van der Waals surface area contributed by atoms with Crippen molar-refractivity contribution in [1.82, 2.24) is 0 Å². The maximum absolute atomic E-state index is 12.3. The van der Waals surface area contributed by atoms with E-state index >= 15 is 0 Å². The van der Waals surface area contributed by atoms with E-state index < -0.39 is 11.5 Å². The van der Waals surface area contributed by atoms with Crippen LogP contribution in [0.4, 0.5) is 5.69 Å². The van der Waals surface area contributed by atoms with Gasteiger partial charge in [-0.1, -0.05) is 12.1 Å². The third-order valence-electron chi connectivity index (χ3n) is 2.86. The quantitative estimate of drug-likeness (QED) is 0.869. The van der Waals surface area contributed by atoms with E-state index in [0.29, 0.717) is 11.4 Å². The van der Waals surface area contributed by atoms with Gasteiger partial charge in [-0.05, 0) is 26.0 Å². The zero-order chi connectivity index (χ0) is 13.3. The van der Waals surface area contributed by atoms with Crippen LogP contribution in [-0.4, -0.2) is 24.0 Å². The van der Waals surface area contributed by atoms with Gasteiger partial charge in [0.1, 0.15) is 5.75 Å². The lowest BCUT2D eigenvalue weighted by molar-refractivity contribution is -0.132. The van der Waals surface area contributed by atoms with Crippen molar-refractivity contribution >= 4 is 17.5 Å². The Morgan fingerprint density at radius 2 is 2.06 bits per heavy atom. The van der Waals surface area contributed by atoms with Crippen molar-refractivity contribution in [3.8, 4) is 5.75 Å². The van der Waals surface area contributed by atoms with Crippen LogP contribution >= 0.6 is 0 Å². The zero-order valence-corrected chi connectivity index (χ0v) is 10.5. The van der Waals surface area contributed by atoms with Gasteiger partial charge >= 0.3 is 0 Å². The van der Waals surface area contributed by atoms with Crippen molar-refractivity contribution in [2.75, 3.05) is 11.4 Å². The molecule has 5 nitrogen and oxygen atoms in total. The van der Waals surface area contributed by atoms with Crippen LogP contribution in [0.2, 0.25) is 0 Å². The molecule has 2 rings (SSSR count). The Labute approximate surface area is 106 Å². The molecule has 1 aliphatic heterocycles. The van der Waals surface area contributed by atoms with E-state index in [0.717, 1.165) is 0 Å². The molecule has 0 saturated carbocycles.